The molecule has 1 unspecified atom stereocenters. The maximum atomic E-state index is 14.2. The van der Waals surface area contributed by atoms with Gasteiger partial charge in [0.05, 0.1) is 16.7 Å². The number of benzene rings is 2. The fourth-order valence-electron chi connectivity index (χ4n) is 5.38. The van der Waals surface area contributed by atoms with Crippen molar-refractivity contribution in [1.29, 1.82) is 0 Å². The molecule has 2 fully saturated rings. The van der Waals surface area contributed by atoms with Gasteiger partial charge in [0.1, 0.15) is 5.60 Å². The van der Waals surface area contributed by atoms with Gasteiger partial charge in [0, 0.05) is 36.8 Å². The molecule has 1 aliphatic heterocycles. The second-order valence-electron chi connectivity index (χ2n) is 12.1. The number of nitrogens with one attached hydrogen (secondary N) is 1. The highest BCUT2D eigenvalue weighted by molar-refractivity contribution is 5.85. The van der Waals surface area contributed by atoms with Gasteiger partial charge in [-0.25, -0.2) is 14.8 Å². The average Bonchev–Trinajstić information content (AvgIpc) is 3.68. The molecule has 1 atom stereocenters. The van der Waals surface area contributed by atoms with Crippen molar-refractivity contribution in [3.8, 4) is 0 Å². The third kappa shape index (κ3) is 6.34. The van der Waals surface area contributed by atoms with Crippen molar-refractivity contribution in [3.05, 3.63) is 83.2 Å². The second-order valence-corrected chi connectivity index (χ2v) is 12.1. The number of amides is 2. The molecule has 0 bridgehead atoms. The number of carbonyl (C=O) groups is 2. The van der Waals surface area contributed by atoms with Crippen LogP contribution in [-0.4, -0.2) is 45.6 Å². The van der Waals surface area contributed by atoms with Gasteiger partial charge in [-0.05, 0) is 63.3 Å². The molecule has 11 heteroatoms. The highest BCUT2D eigenvalue weighted by atomic mass is 19.4. The molecular weight excluding hydrogens is 547 g/mol. The standard InChI is InChI=1S/C31H34F3N5O3/c1-29(2,3)42-28(41)39-17-21(18-39)20-9-11-22(12-10-20)37-27-36-16-24(31(32,33)34)25(38-27)23(30(13-14-30)26(35)40)15-19-7-5-4-6-8-19/h4-12,16,21,23H,13-15,17-18H2,1-3H3,(H2,35,40)(H,36,37,38). The van der Waals surface area contributed by atoms with E-state index in [2.05, 4.69) is 15.3 Å². The number of nitrogens with two attached hydrogens (primary N) is 1. The van der Waals surface area contributed by atoms with Crippen LogP contribution in [0.2, 0.25) is 0 Å². The Balaban J connectivity index is 1.36. The number of anilines is 2. The lowest BCUT2D eigenvalue weighted by atomic mass is 9.79. The average molecular weight is 582 g/mol. The summed E-state index contributed by atoms with van der Waals surface area (Å²) in [6.07, 6.45) is -3.31. The number of likely N-dealkylation sites (tertiary alicyclic amines) is 1. The zero-order chi connectivity index (χ0) is 30.3. The predicted octanol–water partition coefficient (Wildman–Crippen LogP) is 6.17. The highest BCUT2D eigenvalue weighted by Gasteiger charge is 2.57. The number of nitrogens with zero attached hydrogens (tertiary/aromatic N) is 3. The van der Waals surface area contributed by atoms with Gasteiger partial charge in [0.2, 0.25) is 11.9 Å². The van der Waals surface area contributed by atoms with Gasteiger partial charge < -0.3 is 20.7 Å². The monoisotopic (exact) mass is 581 g/mol. The second kappa shape index (κ2) is 10.9. The number of hydrogen-bond donors (Lipinski definition) is 2. The van der Waals surface area contributed by atoms with E-state index in [1.807, 2.05) is 51.1 Å². The Morgan fingerprint density at radius 1 is 1.07 bits per heavy atom. The largest absolute Gasteiger partial charge is 0.444 e. The Morgan fingerprint density at radius 2 is 1.71 bits per heavy atom. The Hall–Kier alpha value is -4.15. The van der Waals surface area contributed by atoms with Crippen LogP contribution in [0.15, 0.2) is 60.8 Å². The van der Waals surface area contributed by atoms with E-state index < -0.39 is 34.6 Å². The van der Waals surface area contributed by atoms with Gasteiger partial charge >= 0.3 is 12.3 Å². The fourth-order valence-corrected chi connectivity index (χ4v) is 5.38. The summed E-state index contributed by atoms with van der Waals surface area (Å²) in [5, 5.41) is 3.01. The minimum absolute atomic E-state index is 0.0103. The summed E-state index contributed by atoms with van der Waals surface area (Å²) in [7, 11) is 0. The van der Waals surface area contributed by atoms with E-state index in [1.165, 1.54) is 0 Å². The summed E-state index contributed by atoms with van der Waals surface area (Å²) in [4.78, 5) is 34.7. The van der Waals surface area contributed by atoms with Crippen LogP contribution in [-0.2, 0) is 22.1 Å². The van der Waals surface area contributed by atoms with E-state index in [9.17, 15) is 22.8 Å². The number of rotatable bonds is 8. The SMILES string of the molecule is CC(C)(C)OC(=O)N1CC(c2ccc(Nc3ncc(C(F)(F)F)c(C(Cc4ccccc4)C4(C(N)=O)CC4)n3)cc2)C1. The van der Waals surface area contributed by atoms with E-state index in [0.29, 0.717) is 31.6 Å². The highest BCUT2D eigenvalue weighted by Crippen LogP contribution is 2.58. The van der Waals surface area contributed by atoms with Crippen LogP contribution in [0.25, 0.3) is 0 Å². The van der Waals surface area contributed by atoms with Crippen LogP contribution >= 0.6 is 0 Å². The molecule has 0 spiro atoms. The number of carbonyl (C=O) groups excluding carboxylic acids is 2. The maximum Gasteiger partial charge on any atom is 0.419 e. The van der Waals surface area contributed by atoms with Gasteiger partial charge in [0.15, 0.2) is 0 Å². The number of alkyl halides is 3. The number of ether oxygens (including phenoxy) is 1. The van der Waals surface area contributed by atoms with Crippen LogP contribution in [0.3, 0.4) is 0 Å². The first-order valence-corrected chi connectivity index (χ1v) is 13.9. The van der Waals surface area contributed by atoms with Crippen molar-refractivity contribution in [2.45, 2.75) is 63.6 Å². The minimum Gasteiger partial charge on any atom is -0.444 e. The third-order valence-corrected chi connectivity index (χ3v) is 7.85. The van der Waals surface area contributed by atoms with Gasteiger partial charge in [-0.15, -0.1) is 0 Å². The summed E-state index contributed by atoms with van der Waals surface area (Å²) in [6.45, 7) is 6.54. The lowest BCUT2D eigenvalue weighted by Crippen LogP contribution is -2.50. The molecule has 2 heterocycles. The van der Waals surface area contributed by atoms with Gasteiger partial charge in [0.25, 0.3) is 0 Å². The molecular formula is C31H34F3N5O3. The normalized spacial score (nSPS) is 17.2. The molecule has 2 aromatic carbocycles. The summed E-state index contributed by atoms with van der Waals surface area (Å²) < 4.78 is 48.0. The first-order chi connectivity index (χ1) is 19.7. The predicted molar refractivity (Wildman–Crippen MR) is 151 cm³/mol. The number of halogens is 3. The van der Waals surface area contributed by atoms with E-state index in [1.54, 1.807) is 29.2 Å². The third-order valence-electron chi connectivity index (χ3n) is 7.85. The number of aromatic nitrogens is 2. The van der Waals surface area contributed by atoms with E-state index >= 15 is 0 Å². The van der Waals surface area contributed by atoms with E-state index in [-0.39, 0.29) is 30.1 Å². The van der Waals surface area contributed by atoms with Gasteiger partial charge in [-0.1, -0.05) is 42.5 Å². The molecule has 1 saturated heterocycles. The lowest BCUT2D eigenvalue weighted by Gasteiger charge is -2.40. The van der Waals surface area contributed by atoms with Gasteiger partial charge in [-0.3, -0.25) is 4.79 Å². The molecule has 0 radical (unpaired) electrons. The molecule has 3 aromatic rings. The molecule has 1 aromatic heterocycles. The summed E-state index contributed by atoms with van der Waals surface area (Å²) in [5.41, 5.74) is 5.26. The molecule has 1 aliphatic carbocycles. The van der Waals surface area contributed by atoms with Crippen molar-refractivity contribution in [3.63, 3.8) is 0 Å². The van der Waals surface area contributed by atoms with E-state index in [4.69, 9.17) is 10.5 Å². The Kier molecular flexibility index (Phi) is 7.63. The van der Waals surface area contributed by atoms with Crippen molar-refractivity contribution >= 4 is 23.6 Å². The first-order valence-electron chi connectivity index (χ1n) is 13.9. The smallest absolute Gasteiger partial charge is 0.419 e. The van der Waals surface area contributed by atoms with Crippen LogP contribution < -0.4 is 11.1 Å². The van der Waals surface area contributed by atoms with E-state index in [0.717, 1.165) is 17.3 Å². The van der Waals surface area contributed by atoms with Crippen LogP contribution in [0.4, 0.5) is 29.6 Å². The molecule has 5 rings (SSSR count). The fraction of sp³-hybridized carbons (Fsp3) is 0.419. The van der Waals surface area contributed by atoms with Crippen LogP contribution in [0, 0.1) is 5.41 Å². The van der Waals surface area contributed by atoms with Crippen molar-refractivity contribution in [2.24, 2.45) is 11.1 Å². The van der Waals surface area contributed by atoms with Crippen LogP contribution in [0.1, 0.15) is 67.8 Å². The minimum atomic E-state index is -4.71. The molecule has 42 heavy (non-hydrogen) atoms. The Bertz CT molecular complexity index is 1450. The molecule has 2 amide bonds. The number of hydrogen-bond acceptors (Lipinski definition) is 6. The molecule has 8 nitrogen and oxygen atoms in total. The van der Waals surface area contributed by atoms with Gasteiger partial charge in [-0.2, -0.15) is 13.2 Å². The quantitative estimate of drug-likeness (QED) is 0.330. The molecule has 222 valence electrons. The Labute approximate surface area is 242 Å². The maximum absolute atomic E-state index is 14.2. The summed E-state index contributed by atoms with van der Waals surface area (Å²) in [6, 6.07) is 16.4. The molecule has 3 N–H and O–H groups in total. The Morgan fingerprint density at radius 3 is 2.26 bits per heavy atom. The molecule has 2 aliphatic rings. The lowest BCUT2D eigenvalue weighted by molar-refractivity contribution is -0.139. The number of primary amides is 1. The summed E-state index contributed by atoms with van der Waals surface area (Å²) >= 11 is 0. The van der Waals surface area contributed by atoms with Crippen molar-refractivity contribution in [1.82, 2.24) is 14.9 Å². The first kappa shape index (κ1) is 29.3. The summed E-state index contributed by atoms with van der Waals surface area (Å²) in [5.74, 6) is -1.35. The van der Waals surface area contributed by atoms with Crippen molar-refractivity contribution in [2.75, 3.05) is 18.4 Å². The van der Waals surface area contributed by atoms with Crippen molar-refractivity contribution < 1.29 is 27.5 Å². The topological polar surface area (TPSA) is 110 Å². The zero-order valence-corrected chi connectivity index (χ0v) is 23.7. The zero-order valence-electron chi connectivity index (χ0n) is 23.7. The molecule has 1 saturated carbocycles. The van der Waals surface area contributed by atoms with Crippen LogP contribution in [0.5, 0.6) is 0 Å².